The molecule has 1 N–H and O–H groups in total. The van der Waals surface area contributed by atoms with Gasteiger partial charge < -0.3 is 5.21 Å². The van der Waals surface area contributed by atoms with Crippen LogP contribution in [-0.2, 0) is 0 Å². The quantitative estimate of drug-likeness (QED) is 0.268. The van der Waals surface area contributed by atoms with E-state index in [1.807, 2.05) is 0 Å². The van der Waals surface area contributed by atoms with Gasteiger partial charge in [0.15, 0.2) is 0 Å². The van der Waals surface area contributed by atoms with E-state index in [0.717, 1.165) is 47.6 Å². The molecule has 31 heavy (non-hydrogen) atoms. The first-order valence-electron chi connectivity index (χ1n) is 13.3. The molecule has 0 radical (unpaired) electrons. The van der Waals surface area contributed by atoms with Crippen LogP contribution in [-0.4, -0.2) is 10.9 Å². The van der Waals surface area contributed by atoms with Crippen LogP contribution in [0.2, 0.25) is 0 Å². The van der Waals surface area contributed by atoms with Crippen LogP contribution in [0.25, 0.3) is 0 Å². The molecule has 0 unspecified atom stereocenters. The maximum Gasteiger partial charge on any atom is 0.0795 e. The minimum Gasteiger partial charge on any atom is -0.411 e. The van der Waals surface area contributed by atoms with Crippen molar-refractivity contribution in [2.75, 3.05) is 0 Å². The van der Waals surface area contributed by atoms with Crippen LogP contribution in [0.4, 0.5) is 0 Å². The van der Waals surface area contributed by atoms with Crippen molar-refractivity contribution >= 4 is 5.71 Å². The largest absolute Gasteiger partial charge is 0.411 e. The molecule has 0 aromatic heterocycles. The van der Waals surface area contributed by atoms with Gasteiger partial charge in [0, 0.05) is 0 Å². The molecule has 8 atom stereocenters. The van der Waals surface area contributed by atoms with Crippen LogP contribution in [0, 0.1) is 52.3 Å². The molecule has 0 aromatic carbocycles. The third kappa shape index (κ3) is 3.84. The zero-order valence-electron chi connectivity index (χ0n) is 21.0. The molecule has 3 saturated carbocycles. The van der Waals surface area contributed by atoms with Crippen LogP contribution in [0.15, 0.2) is 29.0 Å². The first kappa shape index (κ1) is 23.1. The number of hydrogen-bond donors (Lipinski definition) is 1. The summed E-state index contributed by atoms with van der Waals surface area (Å²) < 4.78 is 0. The van der Waals surface area contributed by atoms with Gasteiger partial charge in [-0.15, -0.1) is 0 Å². The minimum atomic E-state index is 0.341. The third-order valence-corrected chi connectivity index (χ3v) is 10.8. The lowest BCUT2D eigenvalue weighted by molar-refractivity contribution is -0.0538. The van der Waals surface area contributed by atoms with Gasteiger partial charge >= 0.3 is 0 Å². The molecule has 174 valence electrons. The van der Waals surface area contributed by atoms with Gasteiger partial charge in [-0.3, -0.25) is 0 Å². The summed E-state index contributed by atoms with van der Waals surface area (Å²) in [7, 11) is 0. The lowest BCUT2D eigenvalue weighted by Crippen LogP contribution is -2.50. The lowest BCUT2D eigenvalue weighted by Gasteiger charge is -2.58. The van der Waals surface area contributed by atoms with Crippen LogP contribution in [0.1, 0.15) is 99.3 Å². The number of rotatable bonds is 5. The molecule has 2 nitrogen and oxygen atoms in total. The molecule has 0 saturated heterocycles. The second kappa shape index (κ2) is 8.71. The van der Waals surface area contributed by atoms with Crippen molar-refractivity contribution in [2.45, 2.75) is 99.3 Å². The topological polar surface area (TPSA) is 32.6 Å². The van der Waals surface area contributed by atoms with Gasteiger partial charge in [-0.05, 0) is 116 Å². The average molecular weight is 426 g/mol. The van der Waals surface area contributed by atoms with Gasteiger partial charge in [0.2, 0.25) is 0 Å². The Morgan fingerprint density at radius 1 is 1.03 bits per heavy atom. The van der Waals surface area contributed by atoms with Crippen LogP contribution < -0.4 is 0 Å². The van der Waals surface area contributed by atoms with Crippen molar-refractivity contribution in [1.82, 2.24) is 0 Å². The molecule has 4 aliphatic rings. The normalized spacial score (nSPS) is 43.5. The Kier molecular flexibility index (Phi) is 6.50. The summed E-state index contributed by atoms with van der Waals surface area (Å²) in [6.07, 6.45) is 19.0. The first-order chi connectivity index (χ1) is 14.7. The number of allylic oxidation sites excluding steroid dienone is 4. The van der Waals surface area contributed by atoms with E-state index in [1.54, 1.807) is 5.57 Å². The van der Waals surface area contributed by atoms with E-state index in [-0.39, 0.29) is 0 Å². The second-order valence-corrected chi connectivity index (χ2v) is 12.4. The van der Waals surface area contributed by atoms with Crippen LogP contribution in [0.5, 0.6) is 0 Å². The summed E-state index contributed by atoms with van der Waals surface area (Å²) in [4.78, 5) is 0. The minimum absolute atomic E-state index is 0.341. The van der Waals surface area contributed by atoms with E-state index in [2.05, 4.69) is 64.9 Å². The highest BCUT2D eigenvalue weighted by molar-refractivity contribution is 5.96. The highest BCUT2D eigenvalue weighted by Gasteiger charge is 2.59. The van der Waals surface area contributed by atoms with Gasteiger partial charge in [-0.25, -0.2) is 0 Å². The molecule has 0 aliphatic heterocycles. The zero-order chi connectivity index (χ0) is 22.4. The van der Waals surface area contributed by atoms with Crippen molar-refractivity contribution in [3.05, 3.63) is 23.8 Å². The van der Waals surface area contributed by atoms with Crippen molar-refractivity contribution in [2.24, 2.45) is 57.4 Å². The van der Waals surface area contributed by atoms with E-state index in [0.29, 0.717) is 16.7 Å². The van der Waals surface area contributed by atoms with E-state index >= 15 is 0 Å². The Bertz CT molecular complexity index is 748. The molecular formula is C29H47NO. The number of nitrogens with zero attached hydrogens (tertiary/aromatic N) is 1. The zero-order valence-corrected chi connectivity index (χ0v) is 21.0. The van der Waals surface area contributed by atoms with Crippen molar-refractivity contribution < 1.29 is 5.21 Å². The summed E-state index contributed by atoms with van der Waals surface area (Å²) in [6.45, 7) is 14.8. The van der Waals surface area contributed by atoms with Gasteiger partial charge in [0.05, 0.1) is 5.71 Å². The molecular weight excluding hydrogens is 378 g/mol. The average Bonchev–Trinajstić information content (AvgIpc) is 3.10. The predicted molar refractivity (Wildman–Crippen MR) is 131 cm³/mol. The van der Waals surface area contributed by atoms with Crippen molar-refractivity contribution in [3.63, 3.8) is 0 Å². The molecule has 0 amide bonds. The standard InChI is InChI=1S/C29H47NO/c1-7-21(19(2)3)9-8-20(4)25-12-13-26-24-11-10-22-18-23(30-31)14-16-28(22,5)27(24)15-17-29(25,26)6/h8-9,18-21,24-27,31H,7,10-17H2,1-6H3/b9-8?,30-23-/t20-,21-,24+,25-,26+,27+,28+,29-/m1/s1. The fourth-order valence-corrected chi connectivity index (χ4v) is 8.84. The molecule has 0 heterocycles. The second-order valence-electron chi connectivity index (χ2n) is 12.4. The molecule has 0 bridgehead atoms. The monoisotopic (exact) mass is 425 g/mol. The van der Waals surface area contributed by atoms with Gasteiger partial charge in [0.25, 0.3) is 0 Å². The molecule has 2 heteroatoms. The highest BCUT2D eigenvalue weighted by Crippen LogP contribution is 2.67. The fraction of sp³-hybridized carbons (Fsp3) is 0.828. The highest BCUT2D eigenvalue weighted by atomic mass is 16.4. The van der Waals surface area contributed by atoms with Crippen LogP contribution in [0.3, 0.4) is 0 Å². The summed E-state index contributed by atoms with van der Waals surface area (Å²) >= 11 is 0. The Morgan fingerprint density at radius 2 is 1.81 bits per heavy atom. The molecule has 0 aromatic rings. The van der Waals surface area contributed by atoms with E-state index in [4.69, 9.17) is 0 Å². The van der Waals surface area contributed by atoms with Crippen LogP contribution >= 0.6 is 0 Å². The molecule has 3 fully saturated rings. The molecule has 0 spiro atoms. The van der Waals surface area contributed by atoms with Crippen molar-refractivity contribution in [3.8, 4) is 0 Å². The Balaban J connectivity index is 1.52. The molecule has 4 aliphatic carbocycles. The summed E-state index contributed by atoms with van der Waals surface area (Å²) in [6, 6.07) is 0. The Hall–Kier alpha value is -1.05. The van der Waals surface area contributed by atoms with Crippen molar-refractivity contribution in [1.29, 1.82) is 0 Å². The number of hydrogen-bond acceptors (Lipinski definition) is 2. The maximum atomic E-state index is 9.30. The fourth-order valence-electron chi connectivity index (χ4n) is 8.84. The summed E-state index contributed by atoms with van der Waals surface area (Å²) in [5.74, 6) is 5.66. The van der Waals surface area contributed by atoms with Gasteiger partial charge in [0.1, 0.15) is 0 Å². The first-order valence-corrected chi connectivity index (χ1v) is 13.3. The number of fused-ring (bicyclic) bond motifs is 5. The summed E-state index contributed by atoms with van der Waals surface area (Å²) in [5, 5.41) is 12.8. The van der Waals surface area contributed by atoms with Gasteiger partial charge in [-0.1, -0.05) is 64.4 Å². The Labute approximate surface area is 191 Å². The van der Waals surface area contributed by atoms with Gasteiger partial charge in [-0.2, -0.15) is 0 Å². The maximum absolute atomic E-state index is 9.30. The molecule has 4 rings (SSSR count). The van der Waals surface area contributed by atoms with E-state index in [9.17, 15) is 5.21 Å². The third-order valence-electron chi connectivity index (χ3n) is 10.8. The van der Waals surface area contributed by atoms with E-state index < -0.39 is 0 Å². The Morgan fingerprint density at radius 3 is 2.48 bits per heavy atom. The lowest BCUT2D eigenvalue weighted by atomic mass is 9.46. The summed E-state index contributed by atoms with van der Waals surface area (Å²) in [5.41, 5.74) is 3.35. The number of oxime groups is 1. The SMILES string of the molecule is CC[C@H](C=C[C@@H](C)[C@H]1CC[C@H]2[C@@H]3CCC4=C/C(=N\O)CC[C@]4(C)[C@H]3CC[C@]12C)C(C)C. The van der Waals surface area contributed by atoms with E-state index in [1.165, 1.54) is 51.4 Å². The predicted octanol–water partition coefficient (Wildman–Crippen LogP) is 8.27. The smallest absolute Gasteiger partial charge is 0.0795 e.